The lowest BCUT2D eigenvalue weighted by Gasteiger charge is -2.56. The first kappa shape index (κ1) is 18.9. The first-order valence-corrected chi connectivity index (χ1v) is 11.0. The fourth-order valence-electron chi connectivity index (χ4n) is 7.02. The van der Waals surface area contributed by atoms with Crippen molar-refractivity contribution in [2.45, 2.75) is 83.2 Å². The average Bonchev–Trinajstić information content (AvgIpc) is 2.63. The van der Waals surface area contributed by atoms with Gasteiger partial charge in [0.2, 0.25) is 0 Å². The molecule has 5 heteroatoms. The molecule has 4 fully saturated rings. The van der Waals surface area contributed by atoms with Gasteiger partial charge in [0.05, 0.1) is 0 Å². The van der Waals surface area contributed by atoms with E-state index in [9.17, 15) is 14.4 Å². The van der Waals surface area contributed by atoms with Gasteiger partial charge in [0.1, 0.15) is 11.9 Å². The van der Waals surface area contributed by atoms with Gasteiger partial charge >= 0.3 is 11.9 Å². The van der Waals surface area contributed by atoms with Crippen LogP contribution >= 0.6 is 0 Å². The van der Waals surface area contributed by atoms with Gasteiger partial charge in [-0.3, -0.25) is 14.4 Å². The molecular formula is C22H32O5. The number of carboxylic acids is 1. The van der Waals surface area contributed by atoms with Crippen molar-refractivity contribution in [1.82, 2.24) is 0 Å². The number of carbonyl (C=O) groups excluding carboxylic acids is 2. The molecule has 0 aromatic carbocycles. The smallest absolute Gasteiger partial charge is 0.306 e. The van der Waals surface area contributed by atoms with Crippen molar-refractivity contribution in [2.24, 2.45) is 35.5 Å². The second kappa shape index (κ2) is 7.92. The summed E-state index contributed by atoms with van der Waals surface area (Å²) in [7, 11) is 0. The quantitative estimate of drug-likeness (QED) is 0.734. The molecular weight excluding hydrogens is 344 g/mol. The van der Waals surface area contributed by atoms with Crippen molar-refractivity contribution in [1.29, 1.82) is 0 Å². The van der Waals surface area contributed by atoms with Crippen LogP contribution in [0.4, 0.5) is 0 Å². The minimum absolute atomic E-state index is 0.0179. The third-order valence-electron chi connectivity index (χ3n) is 7.92. The SMILES string of the molecule is O=C(O)CCCC(=O)OC1CC(=O)C2C[C@@H]3CCCC4CCCC([C@H]2C1)[C@@H]43. The lowest BCUT2D eigenvalue weighted by molar-refractivity contribution is -0.161. The minimum Gasteiger partial charge on any atom is -0.481 e. The van der Waals surface area contributed by atoms with Gasteiger partial charge in [0.15, 0.2) is 0 Å². The Balaban J connectivity index is 1.40. The van der Waals surface area contributed by atoms with E-state index in [1.807, 2.05) is 0 Å². The highest BCUT2D eigenvalue weighted by Gasteiger charge is 2.53. The largest absolute Gasteiger partial charge is 0.481 e. The number of hydrogen-bond donors (Lipinski definition) is 1. The fraction of sp³-hybridized carbons (Fsp3) is 0.864. The van der Waals surface area contributed by atoms with Crippen LogP contribution in [0.15, 0.2) is 0 Å². The van der Waals surface area contributed by atoms with E-state index in [2.05, 4.69) is 0 Å². The zero-order valence-corrected chi connectivity index (χ0v) is 16.1. The molecule has 0 aromatic heterocycles. The molecule has 0 aliphatic heterocycles. The molecule has 7 atom stereocenters. The van der Waals surface area contributed by atoms with Crippen molar-refractivity contribution in [3.05, 3.63) is 0 Å². The van der Waals surface area contributed by atoms with Gasteiger partial charge in [0, 0.05) is 25.2 Å². The Morgan fingerprint density at radius 1 is 0.963 bits per heavy atom. The van der Waals surface area contributed by atoms with E-state index in [1.165, 1.54) is 38.5 Å². The number of esters is 1. The molecule has 4 saturated carbocycles. The molecule has 4 aliphatic rings. The Kier molecular flexibility index (Phi) is 5.56. The first-order valence-electron chi connectivity index (χ1n) is 11.0. The Bertz CT molecular complexity index is 598. The van der Waals surface area contributed by atoms with Crippen LogP contribution in [-0.2, 0) is 19.1 Å². The zero-order chi connectivity index (χ0) is 19.0. The Morgan fingerprint density at radius 3 is 2.48 bits per heavy atom. The maximum Gasteiger partial charge on any atom is 0.306 e. The van der Waals surface area contributed by atoms with Crippen molar-refractivity contribution in [2.75, 3.05) is 0 Å². The third-order valence-corrected chi connectivity index (χ3v) is 7.92. The number of Topliss-reactive ketones (excluding diaryl/α,β-unsaturated/α-hetero) is 1. The van der Waals surface area contributed by atoms with Gasteiger partial charge in [-0.25, -0.2) is 0 Å². The normalized spacial score (nSPS) is 40.6. The third kappa shape index (κ3) is 3.93. The molecule has 0 amide bonds. The molecule has 0 bridgehead atoms. The Morgan fingerprint density at radius 2 is 1.70 bits per heavy atom. The number of fused-ring (bicyclic) bond motifs is 2. The van der Waals surface area contributed by atoms with E-state index in [-0.39, 0.29) is 30.8 Å². The monoisotopic (exact) mass is 376 g/mol. The number of carboxylic acid groups (broad SMARTS) is 1. The van der Waals surface area contributed by atoms with E-state index in [0.29, 0.717) is 30.5 Å². The highest BCUT2D eigenvalue weighted by Crippen LogP contribution is 2.58. The van der Waals surface area contributed by atoms with E-state index < -0.39 is 5.97 Å². The van der Waals surface area contributed by atoms with E-state index in [4.69, 9.17) is 9.84 Å². The molecule has 150 valence electrons. The predicted octanol–water partition coefficient (Wildman–Crippen LogP) is 3.98. The summed E-state index contributed by atoms with van der Waals surface area (Å²) in [6, 6.07) is 0. The van der Waals surface area contributed by atoms with Gasteiger partial charge in [-0.05, 0) is 55.3 Å². The number of aliphatic carboxylic acids is 1. The lowest BCUT2D eigenvalue weighted by Crippen LogP contribution is -2.52. The molecule has 4 aliphatic carbocycles. The maximum absolute atomic E-state index is 12.9. The van der Waals surface area contributed by atoms with Gasteiger partial charge in [-0.1, -0.05) is 32.1 Å². The summed E-state index contributed by atoms with van der Waals surface area (Å²) in [5, 5.41) is 8.69. The number of carbonyl (C=O) groups is 3. The van der Waals surface area contributed by atoms with Crippen LogP contribution in [0.1, 0.15) is 77.0 Å². The highest BCUT2D eigenvalue weighted by atomic mass is 16.5. The van der Waals surface area contributed by atoms with Crippen LogP contribution in [0.25, 0.3) is 0 Å². The summed E-state index contributed by atoms with van der Waals surface area (Å²) in [6.45, 7) is 0. The van der Waals surface area contributed by atoms with Crippen LogP contribution in [0.5, 0.6) is 0 Å². The zero-order valence-electron chi connectivity index (χ0n) is 16.1. The van der Waals surface area contributed by atoms with Crippen molar-refractivity contribution >= 4 is 17.7 Å². The second-order valence-electron chi connectivity index (χ2n) is 9.39. The van der Waals surface area contributed by atoms with Crippen LogP contribution < -0.4 is 0 Å². The summed E-state index contributed by atoms with van der Waals surface area (Å²) < 4.78 is 5.61. The average molecular weight is 376 g/mol. The molecule has 0 heterocycles. The molecule has 0 spiro atoms. The molecule has 5 nitrogen and oxygen atoms in total. The molecule has 1 N–H and O–H groups in total. The molecule has 27 heavy (non-hydrogen) atoms. The van der Waals surface area contributed by atoms with Gasteiger partial charge < -0.3 is 9.84 Å². The number of ether oxygens (including phenoxy) is 1. The van der Waals surface area contributed by atoms with Gasteiger partial charge in [0.25, 0.3) is 0 Å². The van der Waals surface area contributed by atoms with Crippen molar-refractivity contribution in [3.63, 3.8) is 0 Å². The van der Waals surface area contributed by atoms with Crippen molar-refractivity contribution < 1.29 is 24.2 Å². The number of hydrogen-bond acceptors (Lipinski definition) is 4. The predicted molar refractivity (Wildman–Crippen MR) is 98.9 cm³/mol. The van der Waals surface area contributed by atoms with E-state index in [0.717, 1.165) is 30.6 Å². The molecule has 0 saturated heterocycles. The lowest BCUT2D eigenvalue weighted by atomic mass is 9.49. The summed E-state index contributed by atoms with van der Waals surface area (Å²) in [5.74, 6) is 2.69. The van der Waals surface area contributed by atoms with Crippen LogP contribution in [0.3, 0.4) is 0 Å². The van der Waals surface area contributed by atoms with Crippen LogP contribution in [0, 0.1) is 35.5 Å². The minimum atomic E-state index is -0.894. The molecule has 4 unspecified atom stereocenters. The first-order chi connectivity index (χ1) is 13.0. The Labute approximate surface area is 161 Å². The van der Waals surface area contributed by atoms with Crippen LogP contribution in [-0.4, -0.2) is 28.9 Å². The highest BCUT2D eigenvalue weighted by molar-refractivity contribution is 5.83. The summed E-state index contributed by atoms with van der Waals surface area (Å²) >= 11 is 0. The molecule has 0 radical (unpaired) electrons. The molecule has 0 aromatic rings. The summed E-state index contributed by atoms with van der Waals surface area (Å²) in [5.41, 5.74) is 0. The number of rotatable bonds is 5. The second-order valence-corrected chi connectivity index (χ2v) is 9.39. The van der Waals surface area contributed by atoms with E-state index >= 15 is 0 Å². The van der Waals surface area contributed by atoms with Gasteiger partial charge in [-0.15, -0.1) is 0 Å². The topological polar surface area (TPSA) is 80.7 Å². The standard InChI is InChI=1S/C22H32O5/c23-19-12-15(27-21(26)9-3-8-20(24)25)11-17-16-7-2-5-13-4-1-6-14(22(13)16)10-18(17)19/h13-18,22H,1-12H2,(H,24,25)/t13?,14-,15?,16?,17+,18?,22-/m0/s1. The van der Waals surface area contributed by atoms with Gasteiger partial charge in [-0.2, -0.15) is 0 Å². The van der Waals surface area contributed by atoms with E-state index in [1.54, 1.807) is 0 Å². The maximum atomic E-state index is 12.9. The fourth-order valence-corrected chi connectivity index (χ4v) is 7.02. The molecule has 4 rings (SSSR count). The summed E-state index contributed by atoms with van der Waals surface area (Å²) in [6.07, 6.45) is 10.3. The van der Waals surface area contributed by atoms with Crippen molar-refractivity contribution in [3.8, 4) is 0 Å². The Hall–Kier alpha value is -1.39. The van der Waals surface area contributed by atoms with Crippen LogP contribution in [0.2, 0.25) is 0 Å². The number of ketones is 1. The summed E-state index contributed by atoms with van der Waals surface area (Å²) in [4.78, 5) is 35.6.